The SMILES string of the molecule is N=C(N)C12CCC(CC1)O2. The normalized spacial score (nSPS) is 44.2. The van der Waals surface area contributed by atoms with Gasteiger partial charge < -0.3 is 10.5 Å². The van der Waals surface area contributed by atoms with Gasteiger partial charge in [0.2, 0.25) is 0 Å². The summed E-state index contributed by atoms with van der Waals surface area (Å²) in [6, 6.07) is 0. The molecule has 0 saturated carbocycles. The second-order valence-corrected chi connectivity index (χ2v) is 3.23. The van der Waals surface area contributed by atoms with E-state index in [2.05, 4.69) is 0 Å². The Labute approximate surface area is 60.1 Å². The first kappa shape index (κ1) is 6.16. The summed E-state index contributed by atoms with van der Waals surface area (Å²) in [7, 11) is 0. The number of amidine groups is 1. The summed E-state index contributed by atoms with van der Waals surface area (Å²) < 4.78 is 5.57. The van der Waals surface area contributed by atoms with Crippen LogP contribution < -0.4 is 5.73 Å². The van der Waals surface area contributed by atoms with E-state index in [-0.39, 0.29) is 11.4 Å². The van der Waals surface area contributed by atoms with E-state index in [1.54, 1.807) is 0 Å². The van der Waals surface area contributed by atoms with Gasteiger partial charge in [0.1, 0.15) is 11.4 Å². The molecule has 2 rings (SSSR count). The van der Waals surface area contributed by atoms with E-state index in [0.29, 0.717) is 6.10 Å². The maximum atomic E-state index is 7.32. The Kier molecular flexibility index (Phi) is 1.06. The zero-order valence-electron chi connectivity index (χ0n) is 5.89. The van der Waals surface area contributed by atoms with Crippen LogP contribution in [0.4, 0.5) is 0 Å². The zero-order chi connectivity index (χ0) is 7.19. The Hall–Kier alpha value is -0.570. The highest BCUT2D eigenvalue weighted by Gasteiger charge is 2.48. The van der Waals surface area contributed by atoms with Crippen molar-refractivity contribution in [3.8, 4) is 0 Å². The van der Waals surface area contributed by atoms with Gasteiger partial charge in [-0.1, -0.05) is 0 Å². The Morgan fingerprint density at radius 2 is 2.10 bits per heavy atom. The number of ether oxygens (including phenoxy) is 1. The summed E-state index contributed by atoms with van der Waals surface area (Å²) in [4.78, 5) is 0. The molecule has 0 spiro atoms. The summed E-state index contributed by atoms with van der Waals surface area (Å²) in [5, 5.41) is 7.32. The van der Waals surface area contributed by atoms with Crippen LogP contribution in [0.2, 0.25) is 0 Å². The minimum atomic E-state index is -0.329. The second-order valence-electron chi connectivity index (χ2n) is 3.23. The molecule has 0 amide bonds. The maximum Gasteiger partial charge on any atom is 0.125 e. The van der Waals surface area contributed by atoms with E-state index in [4.69, 9.17) is 15.9 Å². The first-order valence-corrected chi connectivity index (χ1v) is 3.75. The van der Waals surface area contributed by atoms with Crippen molar-refractivity contribution < 1.29 is 4.74 Å². The molecule has 0 radical (unpaired) electrons. The molecule has 56 valence electrons. The molecule has 2 aliphatic rings. The fourth-order valence-electron chi connectivity index (χ4n) is 1.95. The molecule has 10 heavy (non-hydrogen) atoms. The number of hydrogen-bond donors (Lipinski definition) is 2. The highest BCUT2D eigenvalue weighted by atomic mass is 16.5. The van der Waals surface area contributed by atoms with Gasteiger partial charge in [-0.25, -0.2) is 0 Å². The van der Waals surface area contributed by atoms with Gasteiger partial charge in [0.25, 0.3) is 0 Å². The Morgan fingerprint density at radius 3 is 2.30 bits per heavy atom. The molecule has 2 bridgehead atoms. The van der Waals surface area contributed by atoms with E-state index in [1.165, 1.54) is 0 Å². The quantitative estimate of drug-likeness (QED) is 0.414. The van der Waals surface area contributed by atoms with Gasteiger partial charge in [0.15, 0.2) is 0 Å². The lowest BCUT2D eigenvalue weighted by Gasteiger charge is -2.21. The van der Waals surface area contributed by atoms with Crippen molar-refractivity contribution in [3.63, 3.8) is 0 Å². The van der Waals surface area contributed by atoms with E-state index >= 15 is 0 Å². The van der Waals surface area contributed by atoms with Crippen molar-refractivity contribution in [2.45, 2.75) is 37.4 Å². The minimum Gasteiger partial charge on any atom is -0.385 e. The summed E-state index contributed by atoms with van der Waals surface area (Å²) in [5.74, 6) is 0.229. The molecule has 3 N–H and O–H groups in total. The van der Waals surface area contributed by atoms with Gasteiger partial charge in [0, 0.05) is 0 Å². The number of hydrogen-bond acceptors (Lipinski definition) is 2. The third-order valence-corrected chi connectivity index (χ3v) is 2.62. The molecule has 0 aromatic heterocycles. The van der Waals surface area contributed by atoms with Gasteiger partial charge in [-0.15, -0.1) is 0 Å². The Bertz CT molecular complexity index is 170. The number of nitrogens with two attached hydrogens (primary N) is 1. The molecule has 3 heteroatoms. The topological polar surface area (TPSA) is 59.1 Å². The van der Waals surface area contributed by atoms with Crippen LogP contribution in [-0.2, 0) is 4.74 Å². The molecule has 0 atom stereocenters. The summed E-state index contributed by atoms with van der Waals surface area (Å²) in [6.45, 7) is 0. The van der Waals surface area contributed by atoms with Crippen molar-refractivity contribution in [1.29, 1.82) is 5.41 Å². The standard InChI is InChI=1S/C7H12N2O/c8-6(9)7-3-1-5(10-7)2-4-7/h5H,1-4H2,(H3,8,9). The second kappa shape index (κ2) is 1.72. The first-order valence-electron chi connectivity index (χ1n) is 3.75. The number of rotatable bonds is 1. The molecule has 0 unspecified atom stereocenters. The van der Waals surface area contributed by atoms with E-state index < -0.39 is 0 Å². The van der Waals surface area contributed by atoms with E-state index in [1.807, 2.05) is 0 Å². The fraction of sp³-hybridized carbons (Fsp3) is 0.857. The maximum absolute atomic E-state index is 7.32. The van der Waals surface area contributed by atoms with Crippen LogP contribution in [0, 0.1) is 5.41 Å². The average Bonchev–Trinajstić information content (AvgIpc) is 2.45. The molecule has 2 aliphatic heterocycles. The van der Waals surface area contributed by atoms with Crippen LogP contribution in [0.25, 0.3) is 0 Å². The molecule has 0 aromatic carbocycles. The smallest absolute Gasteiger partial charge is 0.125 e. The Balaban J connectivity index is 2.23. The monoisotopic (exact) mass is 140 g/mol. The molecule has 2 saturated heterocycles. The van der Waals surface area contributed by atoms with Crippen molar-refractivity contribution in [2.75, 3.05) is 0 Å². The lowest BCUT2D eigenvalue weighted by atomic mass is 9.88. The van der Waals surface area contributed by atoms with Crippen LogP contribution in [0.1, 0.15) is 25.7 Å². The van der Waals surface area contributed by atoms with Gasteiger partial charge in [-0.05, 0) is 25.7 Å². The predicted molar refractivity (Wildman–Crippen MR) is 38.0 cm³/mol. The molecule has 2 heterocycles. The van der Waals surface area contributed by atoms with Crippen molar-refractivity contribution in [1.82, 2.24) is 0 Å². The van der Waals surface area contributed by atoms with Crippen molar-refractivity contribution in [2.24, 2.45) is 5.73 Å². The van der Waals surface area contributed by atoms with E-state index in [0.717, 1.165) is 25.7 Å². The molecule has 2 fully saturated rings. The zero-order valence-corrected chi connectivity index (χ0v) is 5.89. The van der Waals surface area contributed by atoms with Gasteiger partial charge in [0.05, 0.1) is 6.10 Å². The molecule has 3 nitrogen and oxygen atoms in total. The fourth-order valence-corrected chi connectivity index (χ4v) is 1.95. The molecular formula is C7H12N2O. The Morgan fingerprint density at radius 1 is 1.50 bits per heavy atom. The highest BCUT2D eigenvalue weighted by molar-refractivity contribution is 5.86. The van der Waals surface area contributed by atoms with Crippen LogP contribution >= 0.6 is 0 Å². The number of nitrogens with one attached hydrogen (secondary N) is 1. The van der Waals surface area contributed by atoms with Crippen LogP contribution in [0.5, 0.6) is 0 Å². The lowest BCUT2D eigenvalue weighted by molar-refractivity contribution is 0.0633. The molecule has 0 aliphatic carbocycles. The summed E-state index contributed by atoms with van der Waals surface area (Å²) >= 11 is 0. The minimum absolute atomic E-state index is 0.229. The van der Waals surface area contributed by atoms with Gasteiger partial charge in [-0.3, -0.25) is 5.41 Å². The van der Waals surface area contributed by atoms with E-state index in [9.17, 15) is 0 Å². The van der Waals surface area contributed by atoms with Crippen molar-refractivity contribution >= 4 is 5.84 Å². The van der Waals surface area contributed by atoms with Crippen molar-refractivity contribution in [3.05, 3.63) is 0 Å². The van der Waals surface area contributed by atoms with Crippen LogP contribution in [0.3, 0.4) is 0 Å². The van der Waals surface area contributed by atoms with Crippen LogP contribution in [-0.4, -0.2) is 17.5 Å². The highest BCUT2D eigenvalue weighted by Crippen LogP contribution is 2.43. The summed E-state index contributed by atoms with van der Waals surface area (Å²) in [5.41, 5.74) is 5.10. The van der Waals surface area contributed by atoms with Gasteiger partial charge >= 0.3 is 0 Å². The lowest BCUT2D eigenvalue weighted by Crippen LogP contribution is -2.40. The third-order valence-electron chi connectivity index (χ3n) is 2.62. The number of fused-ring (bicyclic) bond motifs is 2. The molecule has 0 aromatic rings. The first-order chi connectivity index (χ1) is 4.73. The average molecular weight is 140 g/mol. The van der Waals surface area contributed by atoms with Gasteiger partial charge in [-0.2, -0.15) is 0 Å². The summed E-state index contributed by atoms with van der Waals surface area (Å²) in [6.07, 6.45) is 4.53. The van der Waals surface area contributed by atoms with Crippen LogP contribution in [0.15, 0.2) is 0 Å². The predicted octanol–water partition coefficient (Wildman–Crippen LogP) is 0.634. The third kappa shape index (κ3) is 0.611. The largest absolute Gasteiger partial charge is 0.385 e. The molecular weight excluding hydrogens is 128 g/mol.